The van der Waals surface area contributed by atoms with Crippen LogP contribution in [0.15, 0.2) is 24.3 Å². The van der Waals surface area contributed by atoms with Crippen molar-refractivity contribution >= 4 is 23.5 Å². The molecule has 1 aliphatic carbocycles. The zero-order valence-electron chi connectivity index (χ0n) is 16.6. The monoisotopic (exact) mass is 452 g/mol. The molecule has 1 amide bonds. The lowest BCUT2D eigenvalue weighted by Gasteiger charge is -2.39. The first-order valence-corrected chi connectivity index (χ1v) is 11.4. The second-order valence-electron chi connectivity index (χ2n) is 8.40. The Hall–Kier alpha value is -2.09. The largest absolute Gasteiger partial charge is 0.416 e. The third kappa shape index (κ3) is 4.19. The summed E-state index contributed by atoms with van der Waals surface area (Å²) in [6, 6.07) is 4.72. The third-order valence-corrected chi connectivity index (χ3v) is 7.62. The van der Waals surface area contributed by atoms with Gasteiger partial charge >= 0.3 is 6.18 Å². The van der Waals surface area contributed by atoms with Gasteiger partial charge < -0.3 is 16.0 Å². The number of halogens is 3. The Morgan fingerprint density at radius 3 is 2.58 bits per heavy atom. The number of nitrogens with zero attached hydrogens (tertiary/aromatic N) is 2. The molecule has 1 aromatic rings. The van der Waals surface area contributed by atoms with E-state index in [1.54, 1.807) is 0 Å². The van der Waals surface area contributed by atoms with Crippen molar-refractivity contribution < 1.29 is 22.8 Å². The van der Waals surface area contributed by atoms with Crippen LogP contribution in [0.5, 0.6) is 0 Å². The molecule has 10 heteroatoms. The molecular weight excluding hydrogens is 429 g/mol. The summed E-state index contributed by atoms with van der Waals surface area (Å²) in [7, 11) is 0. The van der Waals surface area contributed by atoms with Crippen molar-refractivity contribution in [1.29, 1.82) is 5.26 Å². The second-order valence-corrected chi connectivity index (χ2v) is 9.40. The van der Waals surface area contributed by atoms with Crippen LogP contribution in [0.4, 0.5) is 13.2 Å². The topological polar surface area (TPSA) is 99.2 Å². The summed E-state index contributed by atoms with van der Waals surface area (Å²) in [6.45, 7) is 0. The molecule has 3 N–H and O–H groups in total. The molecule has 2 heterocycles. The predicted octanol–water partition coefficient (Wildman–Crippen LogP) is 2.40. The number of Topliss-reactive ketones (excluding diaryl/α,β-unsaturated/α-hetero) is 1. The van der Waals surface area contributed by atoms with E-state index in [0.717, 1.165) is 25.0 Å². The number of nitrogens with one attached hydrogen (secondary N) is 1. The lowest BCUT2D eigenvalue weighted by molar-refractivity contribution is -0.137. The molecule has 31 heavy (non-hydrogen) atoms. The zero-order chi connectivity index (χ0) is 22.3. The minimum absolute atomic E-state index is 0.0182. The first-order valence-electron chi connectivity index (χ1n) is 10.2. The van der Waals surface area contributed by atoms with Gasteiger partial charge in [0, 0.05) is 29.3 Å². The number of hydrogen-bond acceptors (Lipinski definition) is 6. The zero-order valence-corrected chi connectivity index (χ0v) is 17.5. The Balaban J connectivity index is 1.44. The number of piperidine rings is 1. The minimum Gasteiger partial charge on any atom is -0.319 e. The van der Waals surface area contributed by atoms with E-state index >= 15 is 0 Å². The number of hydrogen-bond donors (Lipinski definition) is 2. The van der Waals surface area contributed by atoms with Gasteiger partial charge in [0.25, 0.3) is 0 Å². The van der Waals surface area contributed by atoms with Crippen LogP contribution >= 0.6 is 11.8 Å². The van der Waals surface area contributed by atoms with Gasteiger partial charge in [0.15, 0.2) is 5.78 Å². The summed E-state index contributed by atoms with van der Waals surface area (Å²) < 4.78 is 38.4. The smallest absolute Gasteiger partial charge is 0.319 e. The van der Waals surface area contributed by atoms with E-state index in [2.05, 4.69) is 11.4 Å². The molecular formula is C21H23F3N4O2S. The Morgan fingerprint density at radius 2 is 1.97 bits per heavy atom. The molecule has 2 saturated heterocycles. The van der Waals surface area contributed by atoms with Crippen LogP contribution in [-0.4, -0.2) is 52.4 Å². The van der Waals surface area contributed by atoms with Crippen LogP contribution < -0.4 is 11.1 Å². The number of alkyl halides is 3. The molecule has 3 fully saturated rings. The van der Waals surface area contributed by atoms with Crippen molar-refractivity contribution in [3.05, 3.63) is 35.4 Å². The number of carbonyl (C=O) groups excluding carboxylic acids is 2. The van der Waals surface area contributed by atoms with Gasteiger partial charge in [-0.3, -0.25) is 9.59 Å². The number of nitrogens with two attached hydrogens (primary N) is 1. The maximum absolute atomic E-state index is 13.1. The third-order valence-electron chi connectivity index (χ3n) is 6.61. The Kier molecular flexibility index (Phi) is 6.03. The van der Waals surface area contributed by atoms with E-state index in [1.807, 2.05) is 0 Å². The highest BCUT2D eigenvalue weighted by atomic mass is 32.2. The fourth-order valence-electron chi connectivity index (χ4n) is 5.00. The van der Waals surface area contributed by atoms with Crippen LogP contribution in [0.1, 0.15) is 35.2 Å². The van der Waals surface area contributed by atoms with Crippen molar-refractivity contribution in [3.63, 3.8) is 0 Å². The second kappa shape index (κ2) is 8.45. The lowest BCUT2D eigenvalue weighted by Crippen LogP contribution is -2.61. The predicted molar refractivity (Wildman–Crippen MR) is 109 cm³/mol. The van der Waals surface area contributed by atoms with Crippen molar-refractivity contribution in [1.82, 2.24) is 10.2 Å². The van der Waals surface area contributed by atoms with E-state index in [-0.39, 0.29) is 41.2 Å². The fraction of sp³-hybridized carbons (Fsp3) is 0.571. The van der Waals surface area contributed by atoms with Crippen molar-refractivity contribution in [3.8, 4) is 6.07 Å². The number of ketones is 1. The van der Waals surface area contributed by atoms with Crippen LogP contribution in [0.3, 0.4) is 0 Å². The molecule has 166 valence electrons. The Morgan fingerprint density at radius 1 is 1.26 bits per heavy atom. The maximum Gasteiger partial charge on any atom is 0.416 e. The van der Waals surface area contributed by atoms with Gasteiger partial charge in [-0.15, -0.1) is 11.8 Å². The molecule has 1 aromatic carbocycles. The molecule has 3 aliphatic rings. The highest BCUT2D eigenvalue weighted by molar-refractivity contribution is 7.99. The molecule has 4 rings (SSSR count). The van der Waals surface area contributed by atoms with Crippen LogP contribution in [0.25, 0.3) is 0 Å². The number of carbonyl (C=O) groups is 2. The first kappa shape index (κ1) is 22.1. The van der Waals surface area contributed by atoms with Gasteiger partial charge in [-0.05, 0) is 37.3 Å². The lowest BCUT2D eigenvalue weighted by atomic mass is 9.78. The summed E-state index contributed by atoms with van der Waals surface area (Å²) in [5.74, 6) is 0.254. The number of thioether (sulfide) groups is 1. The van der Waals surface area contributed by atoms with Gasteiger partial charge in [0.05, 0.1) is 23.6 Å². The molecule has 6 nitrogen and oxygen atoms in total. The van der Waals surface area contributed by atoms with E-state index in [9.17, 15) is 28.0 Å². The summed E-state index contributed by atoms with van der Waals surface area (Å²) in [6.07, 6.45) is -2.36. The highest BCUT2D eigenvalue weighted by Crippen LogP contribution is 2.42. The van der Waals surface area contributed by atoms with Crippen LogP contribution in [0.2, 0.25) is 0 Å². The SMILES string of the molecule is N#C[C@H]1CSCN1C(=O)[C@@H](N)C1CC2CCC(N1)C2C(=O)c1ccc(C(F)(F)F)cc1. The van der Waals surface area contributed by atoms with Crippen molar-refractivity contribution in [2.45, 2.75) is 49.6 Å². The summed E-state index contributed by atoms with van der Waals surface area (Å²) in [5, 5.41) is 12.6. The Labute approximate surface area is 182 Å². The number of fused-ring (bicyclic) bond motifs is 2. The van der Waals surface area contributed by atoms with Crippen molar-refractivity contribution in [2.24, 2.45) is 17.6 Å². The molecule has 2 aliphatic heterocycles. The average molecular weight is 453 g/mol. The molecule has 0 aromatic heterocycles. The fourth-order valence-corrected chi connectivity index (χ4v) is 6.08. The normalized spacial score (nSPS) is 31.3. The summed E-state index contributed by atoms with van der Waals surface area (Å²) in [5.41, 5.74) is 5.75. The number of benzene rings is 1. The minimum atomic E-state index is -4.44. The van der Waals surface area contributed by atoms with Gasteiger partial charge in [0.1, 0.15) is 6.04 Å². The molecule has 0 radical (unpaired) electrons. The molecule has 4 unspecified atom stereocenters. The molecule has 2 bridgehead atoms. The summed E-state index contributed by atoms with van der Waals surface area (Å²) in [4.78, 5) is 27.4. The summed E-state index contributed by atoms with van der Waals surface area (Å²) >= 11 is 1.52. The molecule has 6 atom stereocenters. The average Bonchev–Trinajstić information content (AvgIpc) is 3.33. The van der Waals surface area contributed by atoms with Gasteiger partial charge in [0.2, 0.25) is 5.91 Å². The highest BCUT2D eigenvalue weighted by Gasteiger charge is 2.49. The number of rotatable bonds is 4. The van der Waals surface area contributed by atoms with E-state index in [4.69, 9.17) is 5.73 Å². The van der Waals surface area contributed by atoms with Gasteiger partial charge in [-0.2, -0.15) is 18.4 Å². The molecule has 0 spiro atoms. The van der Waals surface area contributed by atoms with E-state index in [0.29, 0.717) is 18.1 Å². The van der Waals surface area contributed by atoms with Crippen molar-refractivity contribution in [2.75, 3.05) is 11.6 Å². The number of nitriles is 1. The van der Waals surface area contributed by atoms with Gasteiger partial charge in [-0.25, -0.2) is 0 Å². The van der Waals surface area contributed by atoms with E-state index in [1.165, 1.54) is 28.8 Å². The quantitative estimate of drug-likeness (QED) is 0.681. The molecule has 1 saturated carbocycles. The maximum atomic E-state index is 13.1. The first-order chi connectivity index (χ1) is 14.7. The Bertz CT molecular complexity index is 887. The van der Waals surface area contributed by atoms with E-state index < -0.39 is 23.8 Å². The van der Waals surface area contributed by atoms with Crippen LogP contribution in [-0.2, 0) is 11.0 Å². The van der Waals surface area contributed by atoms with Gasteiger partial charge in [-0.1, -0.05) is 12.1 Å². The number of amides is 1. The standard InChI is InChI=1S/C21H23F3N4O2S/c22-21(23,24)13-4-1-11(2-5-13)19(29)17-12-3-6-15(17)27-16(7-12)18(26)20(30)28-10-31-9-14(28)8-25/h1-2,4-5,12,14-18,27H,3,6-7,9-10,26H2/t12?,14-,15?,16?,17?,18-/m0/s1. The van der Waals surface area contributed by atoms with Crippen LogP contribution in [0, 0.1) is 23.2 Å².